The number of rotatable bonds is 6. The van der Waals surface area contributed by atoms with E-state index in [-0.39, 0.29) is 12.4 Å². The van der Waals surface area contributed by atoms with Gasteiger partial charge in [-0.05, 0) is 17.7 Å². The van der Waals surface area contributed by atoms with Crippen molar-refractivity contribution >= 4 is 0 Å². The number of hydrogen-bond donors (Lipinski definition) is 1. The molecular formula is C16H17F2NO. The van der Waals surface area contributed by atoms with Gasteiger partial charge in [-0.25, -0.2) is 8.78 Å². The summed E-state index contributed by atoms with van der Waals surface area (Å²) in [6.45, 7) is 4.09. The van der Waals surface area contributed by atoms with Gasteiger partial charge in [0.2, 0.25) is 0 Å². The molecule has 0 atom stereocenters. The van der Waals surface area contributed by atoms with Gasteiger partial charge >= 0.3 is 0 Å². The number of benzene rings is 2. The van der Waals surface area contributed by atoms with Gasteiger partial charge < -0.3 is 10.1 Å². The second-order valence-electron chi connectivity index (χ2n) is 4.49. The van der Waals surface area contributed by atoms with Crippen LogP contribution in [0.15, 0.2) is 42.5 Å². The average Bonchev–Trinajstić information content (AvgIpc) is 2.43. The molecule has 2 nitrogen and oxygen atoms in total. The van der Waals surface area contributed by atoms with E-state index in [0.717, 1.165) is 24.7 Å². The molecule has 0 saturated heterocycles. The van der Waals surface area contributed by atoms with Crippen molar-refractivity contribution in [3.63, 3.8) is 0 Å². The molecule has 0 aliphatic carbocycles. The van der Waals surface area contributed by atoms with Crippen LogP contribution < -0.4 is 10.1 Å². The highest BCUT2D eigenvalue weighted by molar-refractivity contribution is 5.26. The van der Waals surface area contributed by atoms with Gasteiger partial charge in [-0.3, -0.25) is 0 Å². The molecule has 2 rings (SSSR count). The first-order valence-electron chi connectivity index (χ1n) is 6.55. The molecular weight excluding hydrogens is 260 g/mol. The minimum absolute atomic E-state index is 0.194. The number of nitrogens with one attached hydrogen (secondary N) is 1. The van der Waals surface area contributed by atoms with E-state index in [1.165, 1.54) is 17.7 Å². The molecule has 0 heterocycles. The van der Waals surface area contributed by atoms with Crippen LogP contribution in [-0.4, -0.2) is 6.54 Å². The van der Waals surface area contributed by atoms with Crippen molar-refractivity contribution in [3.8, 4) is 5.75 Å². The zero-order valence-electron chi connectivity index (χ0n) is 11.3. The smallest absolute Gasteiger partial charge is 0.129 e. The maximum Gasteiger partial charge on any atom is 0.129 e. The van der Waals surface area contributed by atoms with Crippen LogP contribution in [0.2, 0.25) is 0 Å². The summed E-state index contributed by atoms with van der Waals surface area (Å²) in [5, 5.41) is 3.24. The van der Waals surface area contributed by atoms with Crippen LogP contribution in [-0.2, 0) is 13.2 Å². The minimum Gasteiger partial charge on any atom is -0.489 e. The van der Waals surface area contributed by atoms with Crippen molar-refractivity contribution in [2.45, 2.75) is 20.1 Å². The molecule has 0 fully saturated rings. The second-order valence-corrected chi connectivity index (χ2v) is 4.49. The summed E-state index contributed by atoms with van der Waals surface area (Å²) in [7, 11) is 0. The molecule has 0 aliphatic rings. The van der Waals surface area contributed by atoms with Gasteiger partial charge in [-0.1, -0.05) is 31.2 Å². The van der Waals surface area contributed by atoms with Crippen LogP contribution in [0.4, 0.5) is 8.78 Å². The molecule has 0 aromatic heterocycles. The molecule has 0 amide bonds. The van der Waals surface area contributed by atoms with Crippen LogP contribution >= 0.6 is 0 Å². The largest absolute Gasteiger partial charge is 0.489 e. The van der Waals surface area contributed by atoms with Crippen LogP contribution in [0.5, 0.6) is 5.75 Å². The monoisotopic (exact) mass is 277 g/mol. The summed E-state index contributed by atoms with van der Waals surface area (Å²) >= 11 is 0. The summed E-state index contributed by atoms with van der Waals surface area (Å²) in [5.74, 6) is -1.08. The highest BCUT2D eigenvalue weighted by atomic mass is 19.1. The predicted octanol–water partition coefficient (Wildman–Crippen LogP) is 3.65. The van der Waals surface area contributed by atoms with Gasteiger partial charge in [-0.15, -0.1) is 0 Å². The van der Waals surface area contributed by atoms with Crippen LogP contribution in [0, 0.1) is 11.6 Å². The van der Waals surface area contributed by atoms with E-state index in [1.807, 2.05) is 24.3 Å². The first-order chi connectivity index (χ1) is 9.67. The van der Waals surface area contributed by atoms with Crippen molar-refractivity contribution in [3.05, 3.63) is 65.2 Å². The Labute approximate surface area is 117 Å². The lowest BCUT2D eigenvalue weighted by atomic mass is 10.1. The number of halogens is 2. The molecule has 2 aromatic carbocycles. The van der Waals surface area contributed by atoms with Gasteiger partial charge in [0.05, 0.1) is 0 Å². The third-order valence-corrected chi connectivity index (χ3v) is 2.84. The molecule has 4 heteroatoms. The van der Waals surface area contributed by atoms with E-state index in [1.54, 1.807) is 0 Å². The van der Waals surface area contributed by atoms with E-state index in [2.05, 4.69) is 12.2 Å². The van der Waals surface area contributed by atoms with Crippen LogP contribution in [0.25, 0.3) is 0 Å². The first kappa shape index (κ1) is 14.5. The third-order valence-electron chi connectivity index (χ3n) is 2.84. The lowest BCUT2D eigenvalue weighted by Crippen LogP contribution is -2.11. The molecule has 0 spiro atoms. The maximum absolute atomic E-state index is 13.0. The second kappa shape index (κ2) is 7.01. The average molecular weight is 277 g/mol. The quantitative estimate of drug-likeness (QED) is 0.870. The fourth-order valence-electron chi connectivity index (χ4n) is 1.80. The normalized spacial score (nSPS) is 10.6. The van der Waals surface area contributed by atoms with E-state index >= 15 is 0 Å². The lowest BCUT2D eigenvalue weighted by Gasteiger charge is -2.08. The highest BCUT2D eigenvalue weighted by Crippen LogP contribution is 2.17. The van der Waals surface area contributed by atoms with Crippen molar-refractivity contribution < 1.29 is 13.5 Å². The molecule has 0 unspecified atom stereocenters. The van der Waals surface area contributed by atoms with Gasteiger partial charge in [-0.2, -0.15) is 0 Å². The fraction of sp³-hybridized carbons (Fsp3) is 0.250. The number of hydrogen-bond acceptors (Lipinski definition) is 2. The zero-order valence-corrected chi connectivity index (χ0v) is 11.3. The molecule has 0 radical (unpaired) electrons. The first-order valence-corrected chi connectivity index (χ1v) is 6.55. The summed E-state index contributed by atoms with van der Waals surface area (Å²) < 4.78 is 31.4. The van der Waals surface area contributed by atoms with Gasteiger partial charge in [0.15, 0.2) is 0 Å². The molecule has 0 aliphatic heterocycles. The summed E-state index contributed by atoms with van der Waals surface area (Å²) in [5.41, 5.74) is 2.14. The Balaban J connectivity index is 1.93. The Kier molecular flexibility index (Phi) is 5.07. The lowest BCUT2D eigenvalue weighted by molar-refractivity contribution is 0.302. The molecule has 0 saturated carbocycles. The Morgan fingerprint density at radius 2 is 1.55 bits per heavy atom. The van der Waals surface area contributed by atoms with Gasteiger partial charge in [0.1, 0.15) is 24.0 Å². The number of ether oxygens (including phenoxy) is 1. The fourth-order valence-corrected chi connectivity index (χ4v) is 1.80. The van der Waals surface area contributed by atoms with Crippen molar-refractivity contribution in [2.24, 2.45) is 0 Å². The minimum atomic E-state index is -0.638. The van der Waals surface area contributed by atoms with Crippen molar-refractivity contribution in [2.75, 3.05) is 6.54 Å². The van der Waals surface area contributed by atoms with Gasteiger partial charge in [0.25, 0.3) is 0 Å². The Bertz CT molecular complexity index is 535. The highest BCUT2D eigenvalue weighted by Gasteiger charge is 2.02. The Hall–Kier alpha value is -1.94. The van der Waals surface area contributed by atoms with E-state index in [9.17, 15) is 8.78 Å². The summed E-state index contributed by atoms with van der Waals surface area (Å²) in [6, 6.07) is 11.1. The standard InChI is InChI=1S/C16H17F2NO/c1-2-19-10-12-3-5-13(6-4-12)11-20-16-8-14(17)7-15(18)9-16/h3-9,19H,2,10-11H2,1H3. The predicted molar refractivity (Wildman–Crippen MR) is 74.5 cm³/mol. The molecule has 1 N–H and O–H groups in total. The third kappa shape index (κ3) is 4.31. The molecule has 0 bridgehead atoms. The van der Waals surface area contributed by atoms with Gasteiger partial charge in [0, 0.05) is 24.7 Å². The molecule has 2 aromatic rings. The summed E-state index contributed by atoms with van der Waals surface area (Å²) in [4.78, 5) is 0. The van der Waals surface area contributed by atoms with E-state index in [4.69, 9.17) is 4.74 Å². The van der Waals surface area contributed by atoms with Crippen LogP contribution in [0.1, 0.15) is 18.1 Å². The Morgan fingerprint density at radius 3 is 2.15 bits per heavy atom. The summed E-state index contributed by atoms with van der Waals surface area (Å²) in [6.07, 6.45) is 0. The maximum atomic E-state index is 13.0. The SMILES string of the molecule is CCNCc1ccc(COc2cc(F)cc(F)c2)cc1. The molecule has 20 heavy (non-hydrogen) atoms. The van der Waals surface area contributed by atoms with E-state index < -0.39 is 11.6 Å². The van der Waals surface area contributed by atoms with Crippen molar-refractivity contribution in [1.29, 1.82) is 0 Å². The van der Waals surface area contributed by atoms with Crippen LogP contribution in [0.3, 0.4) is 0 Å². The van der Waals surface area contributed by atoms with Crippen molar-refractivity contribution in [1.82, 2.24) is 5.32 Å². The van der Waals surface area contributed by atoms with E-state index in [0.29, 0.717) is 0 Å². The topological polar surface area (TPSA) is 21.3 Å². The Morgan fingerprint density at radius 1 is 0.950 bits per heavy atom. The molecule has 106 valence electrons. The zero-order chi connectivity index (χ0) is 14.4.